The molecule has 4 heterocycles. The van der Waals surface area contributed by atoms with Gasteiger partial charge in [-0.15, -0.1) is 0 Å². The van der Waals surface area contributed by atoms with Gasteiger partial charge in [-0.2, -0.15) is 10.2 Å². The van der Waals surface area contributed by atoms with E-state index in [9.17, 15) is 0 Å². The summed E-state index contributed by atoms with van der Waals surface area (Å²) >= 11 is 0. The molecule has 0 spiro atoms. The maximum Gasteiger partial charge on any atom is 0.172 e. The molecule has 0 bridgehead atoms. The number of hydrogen-bond donors (Lipinski definition) is 0. The van der Waals surface area contributed by atoms with Crippen molar-refractivity contribution in [3.63, 3.8) is 0 Å². The topological polar surface area (TPSA) is 74.3 Å². The Balaban J connectivity index is 1.68. The highest BCUT2D eigenvalue weighted by Crippen LogP contribution is 2.29. The summed E-state index contributed by atoms with van der Waals surface area (Å²) in [6.45, 7) is 12.7. The number of hydrogen-bond acceptors (Lipinski definition) is 5. The molecule has 0 saturated carbocycles. The van der Waals surface area contributed by atoms with E-state index in [0.29, 0.717) is 17.7 Å². The van der Waals surface area contributed by atoms with Crippen LogP contribution >= 0.6 is 0 Å². The summed E-state index contributed by atoms with van der Waals surface area (Å²) in [5, 5.41) is 9.29. The molecule has 0 aliphatic rings. The number of rotatable bonds is 6. The third-order valence-corrected chi connectivity index (χ3v) is 5.51. The Morgan fingerprint density at radius 2 is 1.29 bits per heavy atom. The van der Waals surface area contributed by atoms with Gasteiger partial charge in [0.2, 0.25) is 0 Å². The second kappa shape index (κ2) is 8.06. The van der Waals surface area contributed by atoms with Gasteiger partial charge in [0.1, 0.15) is 0 Å². The van der Waals surface area contributed by atoms with E-state index in [-0.39, 0.29) is 0 Å². The van der Waals surface area contributed by atoms with Crippen molar-refractivity contribution < 1.29 is 0 Å². The maximum atomic E-state index is 4.90. The van der Waals surface area contributed by atoms with Crippen molar-refractivity contribution in [3.05, 3.63) is 77.9 Å². The van der Waals surface area contributed by atoms with Crippen LogP contribution in [0.25, 0.3) is 11.6 Å². The first-order valence-corrected chi connectivity index (χ1v) is 10.7. The number of nitrogens with zero attached hydrogens (tertiary/aromatic N) is 7. The van der Waals surface area contributed by atoms with E-state index >= 15 is 0 Å². The highest BCUT2D eigenvalue weighted by atomic mass is 15.3. The van der Waals surface area contributed by atoms with Gasteiger partial charge in [0.05, 0.1) is 34.4 Å². The van der Waals surface area contributed by atoms with E-state index < -0.39 is 5.41 Å². The van der Waals surface area contributed by atoms with Gasteiger partial charge in [-0.3, -0.25) is 4.98 Å². The lowest BCUT2D eigenvalue weighted by Crippen LogP contribution is -2.24. The van der Waals surface area contributed by atoms with Crippen LogP contribution in [0.15, 0.2) is 55.1 Å². The van der Waals surface area contributed by atoms with E-state index in [0.717, 1.165) is 28.6 Å². The van der Waals surface area contributed by atoms with Crippen molar-refractivity contribution in [2.75, 3.05) is 0 Å². The quantitative estimate of drug-likeness (QED) is 0.451. The lowest BCUT2D eigenvalue weighted by atomic mass is 9.85. The highest BCUT2D eigenvalue weighted by molar-refractivity contribution is 5.34. The van der Waals surface area contributed by atoms with Crippen molar-refractivity contribution in [3.8, 4) is 11.6 Å². The molecule has 0 saturated heterocycles. The van der Waals surface area contributed by atoms with E-state index in [1.165, 1.54) is 0 Å². The Hall–Kier alpha value is -3.35. The number of pyridine rings is 1. The van der Waals surface area contributed by atoms with Crippen LogP contribution in [0.5, 0.6) is 0 Å². The monoisotopic (exact) mass is 415 g/mol. The normalized spacial score (nSPS) is 12.1. The Morgan fingerprint density at radius 3 is 1.87 bits per heavy atom. The first-order valence-electron chi connectivity index (χ1n) is 10.7. The minimum absolute atomic E-state index is 0.360. The van der Waals surface area contributed by atoms with Crippen LogP contribution in [0.3, 0.4) is 0 Å². The Kier molecular flexibility index (Phi) is 5.43. The zero-order valence-electron chi connectivity index (χ0n) is 19.0. The molecular weight excluding hydrogens is 386 g/mol. The van der Waals surface area contributed by atoms with Crippen molar-refractivity contribution in [1.82, 2.24) is 34.5 Å². The summed E-state index contributed by atoms with van der Waals surface area (Å²) in [6, 6.07) is 10.1. The predicted molar refractivity (Wildman–Crippen MR) is 121 cm³/mol. The zero-order chi connectivity index (χ0) is 22.2. The minimum atomic E-state index is -0.443. The van der Waals surface area contributed by atoms with Crippen molar-refractivity contribution >= 4 is 0 Å². The van der Waals surface area contributed by atoms with E-state index in [2.05, 4.69) is 56.7 Å². The maximum absolute atomic E-state index is 4.90. The predicted octanol–water partition coefficient (Wildman–Crippen LogP) is 4.82. The molecule has 0 N–H and O–H groups in total. The fourth-order valence-corrected chi connectivity index (χ4v) is 3.34. The third kappa shape index (κ3) is 4.13. The Morgan fingerprint density at radius 1 is 0.710 bits per heavy atom. The molecule has 4 aromatic heterocycles. The van der Waals surface area contributed by atoms with Crippen LogP contribution in [-0.2, 0) is 5.41 Å². The van der Waals surface area contributed by atoms with Crippen molar-refractivity contribution in [1.29, 1.82) is 0 Å². The molecule has 0 aromatic carbocycles. The van der Waals surface area contributed by atoms with Crippen LogP contribution in [-0.4, -0.2) is 34.5 Å². The van der Waals surface area contributed by atoms with Gasteiger partial charge in [0.15, 0.2) is 11.6 Å². The number of aromatic nitrogens is 7. The van der Waals surface area contributed by atoms with E-state index in [1.54, 1.807) is 17.1 Å². The summed E-state index contributed by atoms with van der Waals surface area (Å²) in [4.78, 5) is 14.2. The zero-order valence-corrected chi connectivity index (χ0v) is 19.0. The summed E-state index contributed by atoms with van der Waals surface area (Å²) in [6.07, 6.45) is 7.42. The Labute approximate surface area is 183 Å². The van der Waals surface area contributed by atoms with Crippen LogP contribution in [0.4, 0.5) is 0 Å². The molecule has 0 fully saturated rings. The molecule has 0 aliphatic carbocycles. The van der Waals surface area contributed by atoms with Crippen LogP contribution in [0.1, 0.15) is 76.2 Å². The molecule has 31 heavy (non-hydrogen) atoms. The molecule has 4 aromatic rings. The van der Waals surface area contributed by atoms with E-state index in [4.69, 9.17) is 9.97 Å². The first kappa shape index (κ1) is 20.9. The second-order valence-corrected chi connectivity index (χ2v) is 8.95. The summed E-state index contributed by atoms with van der Waals surface area (Å²) in [5.74, 6) is 2.22. The lowest BCUT2D eigenvalue weighted by Gasteiger charge is -2.24. The summed E-state index contributed by atoms with van der Waals surface area (Å²) in [5.41, 5.74) is 3.37. The highest BCUT2D eigenvalue weighted by Gasteiger charge is 2.28. The SMILES string of the molecule is CC(C)c1ccn(-c2cccc(C(C)(C)c3cncc(-n4ccc(C(C)C)n4)n3)n2)n1. The van der Waals surface area contributed by atoms with Gasteiger partial charge in [-0.25, -0.2) is 19.3 Å². The molecule has 7 heteroatoms. The molecule has 0 radical (unpaired) electrons. The molecule has 7 nitrogen and oxygen atoms in total. The summed E-state index contributed by atoms with van der Waals surface area (Å²) in [7, 11) is 0. The van der Waals surface area contributed by atoms with Crippen molar-refractivity contribution in [2.45, 2.75) is 58.8 Å². The molecule has 0 amide bonds. The summed E-state index contributed by atoms with van der Waals surface area (Å²) < 4.78 is 3.61. The standard InChI is InChI=1S/C24H29N7/c1-16(2)18-10-12-30(28-18)22-9-7-8-20(26-22)24(5,6)21-14-25-15-23(27-21)31-13-11-19(29-31)17(3)4/h7-17H,1-6H3. The molecular formula is C24H29N7. The fourth-order valence-electron chi connectivity index (χ4n) is 3.34. The average molecular weight is 416 g/mol. The minimum Gasteiger partial charge on any atom is -0.259 e. The van der Waals surface area contributed by atoms with Gasteiger partial charge in [0.25, 0.3) is 0 Å². The average Bonchev–Trinajstić information content (AvgIpc) is 3.44. The van der Waals surface area contributed by atoms with Crippen LogP contribution in [0, 0.1) is 0 Å². The molecule has 0 aliphatic heterocycles. The van der Waals surface area contributed by atoms with Gasteiger partial charge in [0, 0.05) is 18.6 Å². The third-order valence-electron chi connectivity index (χ3n) is 5.51. The van der Waals surface area contributed by atoms with Crippen molar-refractivity contribution in [2.24, 2.45) is 0 Å². The molecule has 0 atom stereocenters. The molecule has 160 valence electrons. The smallest absolute Gasteiger partial charge is 0.172 e. The van der Waals surface area contributed by atoms with Crippen LogP contribution in [0.2, 0.25) is 0 Å². The van der Waals surface area contributed by atoms with Gasteiger partial charge >= 0.3 is 0 Å². The Bertz CT molecular complexity index is 1090. The van der Waals surface area contributed by atoms with Gasteiger partial charge < -0.3 is 0 Å². The van der Waals surface area contributed by atoms with Gasteiger partial charge in [-0.1, -0.05) is 33.8 Å². The molecule has 0 unspecified atom stereocenters. The first-order chi connectivity index (χ1) is 14.8. The molecule has 4 rings (SSSR count). The van der Waals surface area contributed by atoms with Crippen LogP contribution < -0.4 is 0 Å². The fraction of sp³-hybridized carbons (Fsp3) is 0.375. The van der Waals surface area contributed by atoms with Gasteiger partial charge in [-0.05, 0) is 49.9 Å². The van der Waals surface area contributed by atoms with E-state index in [1.807, 2.05) is 47.4 Å². The largest absolute Gasteiger partial charge is 0.259 e. The second-order valence-electron chi connectivity index (χ2n) is 8.95. The lowest BCUT2D eigenvalue weighted by molar-refractivity contribution is 0.583.